The number of nitrogens with zero attached hydrogens (tertiary/aromatic N) is 1. The summed E-state index contributed by atoms with van der Waals surface area (Å²) in [5.41, 5.74) is 1.11. The van der Waals surface area contributed by atoms with Crippen LogP contribution in [0.15, 0.2) is 30.5 Å². The second kappa shape index (κ2) is 10.3. The molecule has 1 saturated carbocycles. The van der Waals surface area contributed by atoms with Gasteiger partial charge < -0.3 is 0 Å². The minimum Gasteiger partial charge on any atom is -0.293 e. The molecule has 0 N–H and O–H groups in total. The first-order valence-electron chi connectivity index (χ1n) is 10.4. The third kappa shape index (κ3) is 6.50. The van der Waals surface area contributed by atoms with Crippen LogP contribution in [0, 0.1) is 19.8 Å². The summed E-state index contributed by atoms with van der Waals surface area (Å²) < 4.78 is 63.4. The molecule has 0 radical (unpaired) electrons. The highest BCUT2D eigenvalue weighted by Crippen LogP contribution is 2.43. The number of Topliss-reactive ketones (excluding diaryl/α,β-unsaturated/α-hetero) is 1. The standard InChI is InChI=1S/C15H19ClF2.C9H8F3NO/c1-10-4-3-5-13(14(10)16)11(2)12-6-8-15(17,18)9-7-12;1-5-7(9(10,11)12)3-4-13-8(5)6(2)14/h3-5,11-12H,6-9H2,1-2H3;3-4H,1-2H3. The molecule has 1 atom stereocenters. The minimum absolute atomic E-state index is 0.0193. The quantitative estimate of drug-likeness (QED) is 0.331. The van der Waals surface area contributed by atoms with E-state index >= 15 is 0 Å². The molecule has 0 spiro atoms. The van der Waals surface area contributed by atoms with Gasteiger partial charge in [0.1, 0.15) is 5.69 Å². The fourth-order valence-corrected chi connectivity index (χ4v) is 4.33. The van der Waals surface area contributed by atoms with Crippen molar-refractivity contribution in [1.29, 1.82) is 0 Å². The maximum absolute atomic E-state index is 13.2. The van der Waals surface area contributed by atoms with E-state index in [-0.39, 0.29) is 30.0 Å². The summed E-state index contributed by atoms with van der Waals surface area (Å²) >= 11 is 6.32. The van der Waals surface area contributed by atoms with Gasteiger partial charge in [0.15, 0.2) is 5.78 Å². The number of aromatic nitrogens is 1. The van der Waals surface area contributed by atoms with E-state index in [0.717, 1.165) is 28.4 Å². The molecule has 32 heavy (non-hydrogen) atoms. The third-order valence-corrected chi connectivity index (χ3v) is 6.54. The van der Waals surface area contributed by atoms with Crippen LogP contribution in [0.4, 0.5) is 22.0 Å². The van der Waals surface area contributed by atoms with Crippen molar-refractivity contribution >= 4 is 17.4 Å². The Kier molecular flexibility index (Phi) is 8.43. The Morgan fingerprint density at radius 2 is 1.75 bits per heavy atom. The molecule has 1 aliphatic rings. The number of carbonyl (C=O) groups is 1. The van der Waals surface area contributed by atoms with Crippen LogP contribution in [0.3, 0.4) is 0 Å². The van der Waals surface area contributed by atoms with E-state index in [1.165, 1.54) is 13.8 Å². The van der Waals surface area contributed by atoms with Crippen molar-refractivity contribution in [3.05, 3.63) is 63.4 Å². The number of benzene rings is 1. The molecular formula is C24H27ClF5NO. The van der Waals surface area contributed by atoms with E-state index in [1.807, 2.05) is 25.1 Å². The monoisotopic (exact) mass is 475 g/mol. The Morgan fingerprint density at radius 1 is 1.16 bits per heavy atom. The van der Waals surface area contributed by atoms with Gasteiger partial charge in [0.25, 0.3) is 0 Å². The van der Waals surface area contributed by atoms with Crippen LogP contribution in [0.5, 0.6) is 0 Å². The number of pyridine rings is 1. The molecule has 2 aromatic rings. The fourth-order valence-electron chi connectivity index (χ4n) is 4.04. The molecule has 0 amide bonds. The van der Waals surface area contributed by atoms with Crippen molar-refractivity contribution in [2.24, 2.45) is 5.92 Å². The SMILES string of the molecule is CC(=O)c1nccc(C(F)(F)F)c1C.Cc1cccc(C(C)C2CCC(F)(F)CC2)c1Cl. The summed E-state index contributed by atoms with van der Waals surface area (Å²) in [5.74, 6) is -2.34. The zero-order valence-electron chi connectivity index (χ0n) is 18.5. The van der Waals surface area contributed by atoms with Crippen LogP contribution in [-0.4, -0.2) is 16.7 Å². The van der Waals surface area contributed by atoms with Crippen molar-refractivity contribution < 1.29 is 26.7 Å². The summed E-state index contributed by atoms with van der Waals surface area (Å²) in [4.78, 5) is 14.5. The summed E-state index contributed by atoms with van der Waals surface area (Å²) in [6.45, 7) is 6.52. The van der Waals surface area contributed by atoms with Crippen LogP contribution in [0.2, 0.25) is 5.02 Å². The lowest BCUT2D eigenvalue weighted by atomic mass is 9.76. The first kappa shape index (κ1) is 26.2. The number of hydrogen-bond acceptors (Lipinski definition) is 2. The van der Waals surface area contributed by atoms with E-state index in [0.29, 0.717) is 18.8 Å². The lowest BCUT2D eigenvalue weighted by Crippen LogP contribution is -2.27. The average Bonchev–Trinajstić information content (AvgIpc) is 2.69. The zero-order chi connectivity index (χ0) is 24.3. The van der Waals surface area contributed by atoms with Gasteiger partial charge in [-0.05, 0) is 61.3 Å². The smallest absolute Gasteiger partial charge is 0.293 e. The predicted molar refractivity (Wildman–Crippen MR) is 115 cm³/mol. The highest BCUT2D eigenvalue weighted by molar-refractivity contribution is 6.32. The second-order valence-electron chi connectivity index (χ2n) is 8.35. The Balaban J connectivity index is 0.000000235. The maximum atomic E-state index is 13.2. The largest absolute Gasteiger partial charge is 0.416 e. The van der Waals surface area contributed by atoms with E-state index in [4.69, 9.17) is 11.6 Å². The summed E-state index contributed by atoms with van der Waals surface area (Å²) in [6, 6.07) is 6.85. The molecule has 1 aromatic carbocycles. The molecule has 0 saturated heterocycles. The molecule has 1 aromatic heterocycles. The number of alkyl halides is 5. The topological polar surface area (TPSA) is 30.0 Å². The number of ketones is 1. The fraction of sp³-hybridized carbons (Fsp3) is 0.500. The van der Waals surface area contributed by atoms with E-state index in [1.54, 1.807) is 0 Å². The van der Waals surface area contributed by atoms with Crippen molar-refractivity contribution in [3.63, 3.8) is 0 Å². The number of halogens is 6. The number of aryl methyl sites for hydroxylation is 1. The Bertz CT molecular complexity index is 948. The van der Waals surface area contributed by atoms with Crippen molar-refractivity contribution in [2.75, 3.05) is 0 Å². The molecule has 1 heterocycles. The van der Waals surface area contributed by atoms with Gasteiger partial charge in [-0.2, -0.15) is 13.2 Å². The van der Waals surface area contributed by atoms with E-state index in [9.17, 15) is 26.7 Å². The summed E-state index contributed by atoms with van der Waals surface area (Å²) in [6.07, 6.45) is -2.21. The molecule has 1 aliphatic carbocycles. The molecule has 8 heteroatoms. The van der Waals surface area contributed by atoms with E-state index < -0.39 is 23.4 Å². The van der Waals surface area contributed by atoms with Gasteiger partial charge >= 0.3 is 6.18 Å². The van der Waals surface area contributed by atoms with Gasteiger partial charge in [0, 0.05) is 31.0 Å². The molecular weight excluding hydrogens is 449 g/mol. The van der Waals surface area contributed by atoms with Gasteiger partial charge in [-0.25, -0.2) is 8.78 Å². The molecule has 176 valence electrons. The number of hydrogen-bond donors (Lipinski definition) is 0. The van der Waals surface area contributed by atoms with Gasteiger partial charge in [-0.15, -0.1) is 0 Å². The third-order valence-electron chi connectivity index (χ3n) is 6.02. The normalized spacial score (nSPS) is 17.3. The van der Waals surface area contributed by atoms with Crippen molar-refractivity contribution in [3.8, 4) is 0 Å². The van der Waals surface area contributed by atoms with Gasteiger partial charge in [0.2, 0.25) is 5.92 Å². The van der Waals surface area contributed by atoms with Crippen molar-refractivity contribution in [2.45, 2.75) is 71.4 Å². The highest BCUT2D eigenvalue weighted by atomic mass is 35.5. The lowest BCUT2D eigenvalue weighted by molar-refractivity contribution is -0.138. The summed E-state index contributed by atoms with van der Waals surface area (Å²) in [7, 11) is 0. The maximum Gasteiger partial charge on any atom is 0.416 e. The van der Waals surface area contributed by atoms with Crippen LogP contribution in [0.1, 0.15) is 78.2 Å². The van der Waals surface area contributed by atoms with Crippen LogP contribution < -0.4 is 0 Å². The van der Waals surface area contributed by atoms with Crippen molar-refractivity contribution in [1.82, 2.24) is 4.98 Å². The predicted octanol–water partition coefficient (Wildman–Crippen LogP) is 8.19. The highest BCUT2D eigenvalue weighted by Gasteiger charge is 2.37. The molecule has 3 rings (SSSR count). The number of carbonyl (C=O) groups excluding carboxylic acids is 1. The summed E-state index contributed by atoms with van der Waals surface area (Å²) in [5, 5.41) is 0.794. The second-order valence-corrected chi connectivity index (χ2v) is 8.72. The van der Waals surface area contributed by atoms with Gasteiger partial charge in [-0.3, -0.25) is 9.78 Å². The Hall–Kier alpha value is -2.02. The molecule has 0 aliphatic heterocycles. The van der Waals surface area contributed by atoms with Crippen LogP contribution >= 0.6 is 11.6 Å². The number of rotatable bonds is 3. The average molecular weight is 476 g/mol. The van der Waals surface area contributed by atoms with E-state index in [2.05, 4.69) is 11.9 Å². The first-order valence-corrected chi connectivity index (χ1v) is 10.8. The Labute approximate surface area is 190 Å². The molecule has 2 nitrogen and oxygen atoms in total. The minimum atomic E-state index is -4.43. The molecule has 1 unspecified atom stereocenters. The molecule has 1 fully saturated rings. The zero-order valence-corrected chi connectivity index (χ0v) is 19.2. The van der Waals surface area contributed by atoms with Gasteiger partial charge in [-0.1, -0.05) is 36.7 Å². The first-order chi connectivity index (χ1) is 14.7. The van der Waals surface area contributed by atoms with Crippen LogP contribution in [0.25, 0.3) is 0 Å². The Morgan fingerprint density at radius 3 is 2.28 bits per heavy atom. The van der Waals surface area contributed by atoms with Gasteiger partial charge in [0.05, 0.1) is 5.56 Å². The lowest BCUT2D eigenvalue weighted by Gasteiger charge is -2.32. The van der Waals surface area contributed by atoms with Crippen LogP contribution in [-0.2, 0) is 6.18 Å². The molecule has 0 bridgehead atoms.